The van der Waals surface area contributed by atoms with E-state index in [9.17, 15) is 14.4 Å². The van der Waals surface area contributed by atoms with Crippen molar-refractivity contribution in [2.24, 2.45) is 0 Å². The van der Waals surface area contributed by atoms with Crippen LogP contribution in [0.5, 0.6) is 0 Å². The molecule has 3 N–H and O–H groups in total. The Kier molecular flexibility index (Phi) is 5.60. The van der Waals surface area contributed by atoms with E-state index in [1.54, 1.807) is 20.8 Å². The third-order valence-electron chi connectivity index (χ3n) is 1.60. The molecule has 0 saturated carbocycles. The van der Waals surface area contributed by atoms with Gasteiger partial charge in [0.05, 0.1) is 0 Å². The average Bonchev–Trinajstić information content (AvgIpc) is 2.13. The van der Waals surface area contributed by atoms with Gasteiger partial charge in [0.1, 0.15) is 18.2 Å². The van der Waals surface area contributed by atoms with Crippen LogP contribution in [0.15, 0.2) is 0 Å². The normalized spacial score (nSPS) is 12.7. The summed E-state index contributed by atoms with van der Waals surface area (Å²) < 4.78 is 4.85. The fourth-order valence-electron chi connectivity index (χ4n) is 0.942. The lowest BCUT2D eigenvalue weighted by molar-refractivity contribution is -0.141. The molecule has 0 aliphatic rings. The Morgan fingerprint density at radius 1 is 1.29 bits per heavy atom. The van der Waals surface area contributed by atoms with Crippen LogP contribution in [0.3, 0.4) is 0 Å². The summed E-state index contributed by atoms with van der Waals surface area (Å²) in [4.78, 5) is 32.9. The second-order valence-corrected chi connectivity index (χ2v) is 4.44. The fourth-order valence-corrected chi connectivity index (χ4v) is 0.942. The predicted octanol–water partition coefficient (Wildman–Crippen LogP) is -0.0842. The minimum absolute atomic E-state index is 0.481. The van der Waals surface area contributed by atoms with Crippen molar-refractivity contribution in [1.82, 2.24) is 5.32 Å². The zero-order valence-electron chi connectivity index (χ0n) is 10.0. The molecule has 0 radical (unpaired) electrons. The summed E-state index contributed by atoms with van der Waals surface area (Å²) in [6.45, 7) is 4.11. The molecule has 0 aromatic rings. The number of rotatable bonds is 5. The highest BCUT2D eigenvalue weighted by atomic mass is 16.6. The van der Waals surface area contributed by atoms with E-state index < -0.39 is 42.5 Å². The second kappa shape index (κ2) is 6.19. The molecule has 1 amide bonds. The van der Waals surface area contributed by atoms with Gasteiger partial charge in [-0.2, -0.15) is 0 Å². The smallest absolute Gasteiger partial charge is 0.408 e. The van der Waals surface area contributed by atoms with Gasteiger partial charge in [0.15, 0.2) is 5.78 Å². The van der Waals surface area contributed by atoms with Crippen LogP contribution in [0.1, 0.15) is 27.2 Å². The first kappa shape index (κ1) is 15.4. The number of aliphatic hydroxyl groups is 1. The number of nitrogens with one attached hydrogen (secondary N) is 1. The van der Waals surface area contributed by atoms with Crippen LogP contribution in [0, 0.1) is 0 Å². The van der Waals surface area contributed by atoms with Crippen molar-refractivity contribution in [3.05, 3.63) is 0 Å². The van der Waals surface area contributed by atoms with Gasteiger partial charge in [-0.25, -0.2) is 9.59 Å². The van der Waals surface area contributed by atoms with Crippen molar-refractivity contribution in [3.8, 4) is 0 Å². The van der Waals surface area contributed by atoms with Crippen LogP contribution in [0.2, 0.25) is 0 Å². The van der Waals surface area contributed by atoms with Crippen molar-refractivity contribution in [2.75, 3.05) is 6.61 Å². The standard InChI is InChI=1S/C10H17NO6/c1-10(2,3)17-9(16)11-7(8(14)15)4-6(13)5-12/h7,12H,4-5H2,1-3H3,(H,11,16)(H,14,15). The number of carboxylic acids is 1. The Labute approximate surface area is 98.8 Å². The molecule has 0 fully saturated rings. The quantitative estimate of drug-likeness (QED) is 0.626. The lowest BCUT2D eigenvalue weighted by atomic mass is 10.1. The van der Waals surface area contributed by atoms with Crippen molar-refractivity contribution >= 4 is 17.8 Å². The molecule has 1 unspecified atom stereocenters. The predicted molar refractivity (Wildman–Crippen MR) is 57.5 cm³/mol. The summed E-state index contributed by atoms with van der Waals surface area (Å²) >= 11 is 0. The first-order valence-corrected chi connectivity index (χ1v) is 5.00. The van der Waals surface area contributed by atoms with Crippen LogP contribution in [0.4, 0.5) is 4.79 Å². The number of carbonyl (C=O) groups is 3. The van der Waals surface area contributed by atoms with Gasteiger partial charge in [-0.05, 0) is 20.8 Å². The number of aliphatic hydroxyl groups excluding tert-OH is 1. The fraction of sp³-hybridized carbons (Fsp3) is 0.700. The van der Waals surface area contributed by atoms with Gasteiger partial charge in [-0.15, -0.1) is 0 Å². The zero-order valence-corrected chi connectivity index (χ0v) is 10.0. The lowest BCUT2D eigenvalue weighted by Crippen LogP contribution is -2.44. The summed E-state index contributed by atoms with van der Waals surface area (Å²) in [5, 5.41) is 19.3. The molecule has 0 aromatic heterocycles. The van der Waals surface area contributed by atoms with Crippen LogP contribution in [-0.4, -0.2) is 46.3 Å². The minimum atomic E-state index is -1.40. The lowest BCUT2D eigenvalue weighted by Gasteiger charge is -2.21. The summed E-state index contributed by atoms with van der Waals surface area (Å²) in [6.07, 6.45) is -1.40. The van der Waals surface area contributed by atoms with Gasteiger partial charge < -0.3 is 20.3 Å². The highest BCUT2D eigenvalue weighted by Crippen LogP contribution is 2.07. The molecular weight excluding hydrogens is 230 g/mol. The van der Waals surface area contributed by atoms with Gasteiger partial charge in [-0.3, -0.25) is 4.79 Å². The second-order valence-electron chi connectivity index (χ2n) is 4.44. The highest BCUT2D eigenvalue weighted by molar-refractivity contribution is 5.88. The van der Waals surface area contributed by atoms with Gasteiger partial charge in [0.2, 0.25) is 0 Å². The number of amides is 1. The number of alkyl carbamates (subject to hydrolysis) is 1. The van der Waals surface area contributed by atoms with Crippen molar-refractivity contribution < 1.29 is 29.3 Å². The molecule has 0 aromatic carbocycles. The molecular formula is C10H17NO6. The Bertz CT molecular complexity index is 306. The molecule has 7 nitrogen and oxygen atoms in total. The number of carboxylic acid groups (broad SMARTS) is 1. The van der Waals surface area contributed by atoms with E-state index in [1.165, 1.54) is 0 Å². The molecule has 17 heavy (non-hydrogen) atoms. The number of hydrogen-bond acceptors (Lipinski definition) is 5. The van der Waals surface area contributed by atoms with Crippen LogP contribution >= 0.6 is 0 Å². The van der Waals surface area contributed by atoms with E-state index >= 15 is 0 Å². The largest absolute Gasteiger partial charge is 0.480 e. The van der Waals surface area contributed by atoms with E-state index in [2.05, 4.69) is 0 Å². The minimum Gasteiger partial charge on any atom is -0.480 e. The summed E-state index contributed by atoms with van der Waals surface area (Å²) in [7, 11) is 0. The first-order valence-electron chi connectivity index (χ1n) is 5.00. The Hall–Kier alpha value is -1.63. The topological polar surface area (TPSA) is 113 Å². The van der Waals surface area contributed by atoms with Gasteiger partial charge >= 0.3 is 12.1 Å². The number of ketones is 1. The maximum atomic E-state index is 11.3. The molecule has 0 saturated heterocycles. The van der Waals surface area contributed by atoms with Crippen LogP contribution in [-0.2, 0) is 14.3 Å². The molecule has 0 bridgehead atoms. The Morgan fingerprint density at radius 2 is 1.82 bits per heavy atom. The number of hydrogen-bond donors (Lipinski definition) is 3. The Balaban J connectivity index is 4.41. The number of Topliss-reactive ketones (excluding diaryl/α,β-unsaturated/α-hetero) is 1. The van der Waals surface area contributed by atoms with E-state index in [0.717, 1.165) is 0 Å². The number of carbonyl (C=O) groups excluding carboxylic acids is 2. The zero-order chi connectivity index (χ0) is 13.6. The van der Waals surface area contributed by atoms with E-state index in [4.69, 9.17) is 14.9 Å². The number of ether oxygens (including phenoxy) is 1. The van der Waals surface area contributed by atoms with E-state index in [0.29, 0.717) is 0 Å². The third-order valence-corrected chi connectivity index (χ3v) is 1.60. The van der Waals surface area contributed by atoms with Crippen molar-refractivity contribution in [1.29, 1.82) is 0 Å². The molecule has 98 valence electrons. The van der Waals surface area contributed by atoms with Crippen LogP contribution < -0.4 is 5.32 Å². The summed E-state index contributed by atoms with van der Waals surface area (Å²) in [6, 6.07) is -1.40. The molecule has 0 aliphatic carbocycles. The number of aliphatic carboxylic acids is 1. The van der Waals surface area contributed by atoms with E-state index in [-0.39, 0.29) is 0 Å². The van der Waals surface area contributed by atoms with Crippen molar-refractivity contribution in [2.45, 2.75) is 38.8 Å². The summed E-state index contributed by atoms with van der Waals surface area (Å²) in [5.41, 5.74) is -0.756. The Morgan fingerprint density at radius 3 is 2.18 bits per heavy atom. The molecule has 1 atom stereocenters. The summed E-state index contributed by atoms with van der Waals surface area (Å²) in [5.74, 6) is -2.04. The van der Waals surface area contributed by atoms with Crippen molar-refractivity contribution in [3.63, 3.8) is 0 Å². The SMILES string of the molecule is CC(C)(C)OC(=O)NC(CC(=O)CO)C(=O)O. The van der Waals surface area contributed by atoms with Gasteiger partial charge in [-0.1, -0.05) is 0 Å². The first-order chi connectivity index (χ1) is 7.65. The molecule has 0 spiro atoms. The average molecular weight is 247 g/mol. The maximum Gasteiger partial charge on any atom is 0.408 e. The highest BCUT2D eigenvalue weighted by Gasteiger charge is 2.25. The van der Waals surface area contributed by atoms with Gasteiger partial charge in [0, 0.05) is 6.42 Å². The molecule has 0 heterocycles. The molecule has 0 aliphatic heterocycles. The maximum absolute atomic E-state index is 11.3. The van der Waals surface area contributed by atoms with Gasteiger partial charge in [0.25, 0.3) is 0 Å². The third kappa shape index (κ3) is 7.29. The van der Waals surface area contributed by atoms with Crippen LogP contribution in [0.25, 0.3) is 0 Å². The monoisotopic (exact) mass is 247 g/mol. The van der Waals surface area contributed by atoms with E-state index in [1.807, 2.05) is 5.32 Å². The molecule has 0 rings (SSSR count). The molecule has 7 heteroatoms.